The SMILES string of the molecule is C#CCN(CC1CC1)C(=O)C(C)(C)C(C)(C)N. The predicted octanol–water partition coefficient (Wildman–Crippen LogP) is 1.62. The van der Waals surface area contributed by atoms with E-state index >= 15 is 0 Å². The van der Waals surface area contributed by atoms with E-state index in [0.717, 1.165) is 6.54 Å². The Hall–Kier alpha value is -1.01. The fourth-order valence-corrected chi connectivity index (χ4v) is 1.61. The van der Waals surface area contributed by atoms with Crippen LogP contribution in [0.2, 0.25) is 0 Å². The normalized spacial score (nSPS) is 16.5. The summed E-state index contributed by atoms with van der Waals surface area (Å²) in [6, 6.07) is 0. The maximum Gasteiger partial charge on any atom is 0.230 e. The lowest BCUT2D eigenvalue weighted by Gasteiger charge is -2.40. The van der Waals surface area contributed by atoms with Crippen LogP contribution >= 0.6 is 0 Å². The van der Waals surface area contributed by atoms with Gasteiger partial charge in [0, 0.05) is 12.1 Å². The van der Waals surface area contributed by atoms with E-state index in [9.17, 15) is 4.79 Å². The van der Waals surface area contributed by atoms with E-state index in [1.54, 1.807) is 4.90 Å². The van der Waals surface area contributed by atoms with Gasteiger partial charge >= 0.3 is 0 Å². The van der Waals surface area contributed by atoms with Crippen LogP contribution in [0.25, 0.3) is 0 Å². The Kier molecular flexibility index (Phi) is 3.88. The van der Waals surface area contributed by atoms with Crippen LogP contribution in [0.3, 0.4) is 0 Å². The monoisotopic (exact) mass is 236 g/mol. The Balaban J connectivity index is 2.79. The summed E-state index contributed by atoms with van der Waals surface area (Å²) < 4.78 is 0. The number of nitrogens with two attached hydrogens (primary N) is 1. The molecule has 1 fully saturated rings. The summed E-state index contributed by atoms with van der Waals surface area (Å²) in [7, 11) is 0. The first-order valence-corrected chi connectivity index (χ1v) is 6.22. The highest BCUT2D eigenvalue weighted by Crippen LogP contribution is 2.34. The van der Waals surface area contributed by atoms with Crippen molar-refractivity contribution in [3.8, 4) is 12.3 Å². The molecule has 3 nitrogen and oxygen atoms in total. The van der Waals surface area contributed by atoms with E-state index < -0.39 is 11.0 Å². The zero-order valence-electron chi connectivity index (χ0n) is 11.4. The number of hydrogen-bond acceptors (Lipinski definition) is 2. The first-order chi connectivity index (χ1) is 7.70. The van der Waals surface area contributed by atoms with Crippen LogP contribution in [0, 0.1) is 23.7 Å². The standard InChI is InChI=1S/C14H24N2O/c1-6-9-16(10-11-7-8-11)12(17)13(2,3)14(4,5)15/h1,11H,7-10,15H2,2-5H3. The molecule has 0 unspecified atom stereocenters. The second-order valence-electron chi connectivity index (χ2n) is 6.18. The minimum Gasteiger partial charge on any atom is -0.331 e. The average Bonchev–Trinajstić information content (AvgIpc) is 2.98. The lowest BCUT2D eigenvalue weighted by Crippen LogP contribution is -2.56. The zero-order valence-corrected chi connectivity index (χ0v) is 11.4. The average molecular weight is 236 g/mol. The topological polar surface area (TPSA) is 46.3 Å². The molecule has 96 valence electrons. The van der Waals surface area contributed by atoms with Gasteiger partial charge in [-0.2, -0.15) is 0 Å². The summed E-state index contributed by atoms with van der Waals surface area (Å²) >= 11 is 0. The van der Waals surface area contributed by atoms with Crippen LogP contribution < -0.4 is 5.73 Å². The molecule has 0 saturated heterocycles. The Morgan fingerprint density at radius 2 is 1.94 bits per heavy atom. The molecule has 0 aromatic rings. The number of nitrogens with zero attached hydrogens (tertiary/aromatic N) is 1. The van der Waals surface area contributed by atoms with Crippen LogP contribution in [-0.2, 0) is 4.79 Å². The number of carbonyl (C=O) groups is 1. The number of carbonyl (C=O) groups excluding carboxylic acids is 1. The molecule has 0 atom stereocenters. The summed E-state index contributed by atoms with van der Waals surface area (Å²) in [4.78, 5) is 14.3. The van der Waals surface area contributed by atoms with Gasteiger partial charge in [0.2, 0.25) is 5.91 Å². The lowest BCUT2D eigenvalue weighted by atomic mass is 9.74. The highest BCUT2D eigenvalue weighted by molar-refractivity contribution is 5.83. The fraction of sp³-hybridized carbons (Fsp3) is 0.786. The van der Waals surface area contributed by atoms with E-state index in [1.165, 1.54) is 12.8 Å². The van der Waals surface area contributed by atoms with Gasteiger partial charge in [-0.15, -0.1) is 6.42 Å². The minimum atomic E-state index is -0.598. The molecular weight excluding hydrogens is 212 g/mol. The van der Waals surface area contributed by atoms with Gasteiger partial charge in [-0.25, -0.2) is 0 Å². The summed E-state index contributed by atoms with van der Waals surface area (Å²) in [6.07, 6.45) is 7.76. The van der Waals surface area contributed by atoms with Crippen molar-refractivity contribution in [3.05, 3.63) is 0 Å². The fourth-order valence-electron chi connectivity index (χ4n) is 1.61. The molecule has 1 amide bonds. The molecule has 0 radical (unpaired) electrons. The third kappa shape index (κ3) is 3.23. The van der Waals surface area contributed by atoms with Crippen molar-refractivity contribution in [2.45, 2.75) is 46.1 Å². The van der Waals surface area contributed by atoms with Crippen molar-refractivity contribution >= 4 is 5.91 Å². The third-order valence-corrected chi connectivity index (χ3v) is 3.89. The molecule has 0 aliphatic heterocycles. The van der Waals surface area contributed by atoms with E-state index in [4.69, 9.17) is 12.2 Å². The van der Waals surface area contributed by atoms with Crippen molar-refractivity contribution in [3.63, 3.8) is 0 Å². The quantitative estimate of drug-likeness (QED) is 0.737. The Morgan fingerprint density at radius 1 is 1.41 bits per heavy atom. The predicted molar refractivity (Wildman–Crippen MR) is 70.2 cm³/mol. The van der Waals surface area contributed by atoms with Gasteiger partial charge in [-0.3, -0.25) is 4.79 Å². The first-order valence-electron chi connectivity index (χ1n) is 6.22. The number of amides is 1. The molecule has 0 aromatic heterocycles. The molecule has 0 aromatic carbocycles. The van der Waals surface area contributed by atoms with E-state index in [2.05, 4.69) is 5.92 Å². The highest BCUT2D eigenvalue weighted by atomic mass is 16.2. The second kappa shape index (κ2) is 4.70. The first kappa shape index (κ1) is 14.1. The number of terminal acetylenes is 1. The summed E-state index contributed by atoms with van der Waals surface area (Å²) in [5.41, 5.74) is 4.94. The van der Waals surface area contributed by atoms with Crippen LogP contribution in [0.1, 0.15) is 40.5 Å². The smallest absolute Gasteiger partial charge is 0.230 e. The largest absolute Gasteiger partial charge is 0.331 e. The number of rotatable bonds is 5. The van der Waals surface area contributed by atoms with E-state index in [-0.39, 0.29) is 5.91 Å². The van der Waals surface area contributed by atoms with Crippen molar-refractivity contribution < 1.29 is 4.79 Å². The Morgan fingerprint density at radius 3 is 2.29 bits per heavy atom. The Bertz CT molecular complexity index is 329. The molecule has 1 rings (SSSR count). The van der Waals surface area contributed by atoms with Crippen LogP contribution in [0.5, 0.6) is 0 Å². The van der Waals surface area contributed by atoms with Gasteiger partial charge in [-0.1, -0.05) is 5.92 Å². The van der Waals surface area contributed by atoms with Crippen LogP contribution in [0.15, 0.2) is 0 Å². The van der Waals surface area contributed by atoms with Gasteiger partial charge < -0.3 is 10.6 Å². The summed E-state index contributed by atoms with van der Waals surface area (Å²) in [5.74, 6) is 3.28. The maximum atomic E-state index is 12.5. The molecular formula is C14H24N2O. The van der Waals surface area contributed by atoms with Crippen molar-refractivity contribution in [2.24, 2.45) is 17.1 Å². The molecule has 0 spiro atoms. The molecule has 1 aliphatic rings. The van der Waals surface area contributed by atoms with Gasteiger partial charge in [0.15, 0.2) is 0 Å². The maximum absolute atomic E-state index is 12.5. The molecule has 0 heterocycles. The van der Waals surface area contributed by atoms with E-state index in [1.807, 2.05) is 27.7 Å². The molecule has 0 bridgehead atoms. The Labute approximate surface area is 105 Å². The molecule has 1 saturated carbocycles. The van der Waals surface area contributed by atoms with E-state index in [0.29, 0.717) is 12.5 Å². The summed E-state index contributed by atoms with van der Waals surface area (Å²) in [5, 5.41) is 0. The van der Waals surface area contributed by atoms with Crippen LogP contribution in [0.4, 0.5) is 0 Å². The van der Waals surface area contributed by atoms with Gasteiger partial charge in [-0.05, 0) is 46.5 Å². The van der Waals surface area contributed by atoms with Crippen molar-refractivity contribution in [1.82, 2.24) is 4.90 Å². The molecule has 3 heteroatoms. The molecule has 17 heavy (non-hydrogen) atoms. The van der Waals surface area contributed by atoms with Crippen LogP contribution in [-0.4, -0.2) is 29.4 Å². The zero-order chi connectivity index (χ0) is 13.3. The summed E-state index contributed by atoms with van der Waals surface area (Å²) in [6.45, 7) is 8.72. The van der Waals surface area contributed by atoms with Crippen molar-refractivity contribution in [2.75, 3.05) is 13.1 Å². The minimum absolute atomic E-state index is 0.0647. The lowest BCUT2D eigenvalue weighted by molar-refractivity contribution is -0.143. The number of hydrogen-bond donors (Lipinski definition) is 1. The van der Waals surface area contributed by atoms with Gasteiger partial charge in [0.25, 0.3) is 0 Å². The molecule has 1 aliphatic carbocycles. The third-order valence-electron chi connectivity index (χ3n) is 3.89. The molecule has 2 N–H and O–H groups in total. The van der Waals surface area contributed by atoms with Gasteiger partial charge in [0.1, 0.15) is 0 Å². The van der Waals surface area contributed by atoms with Gasteiger partial charge in [0.05, 0.1) is 12.0 Å². The van der Waals surface area contributed by atoms with Crippen molar-refractivity contribution in [1.29, 1.82) is 0 Å². The second-order valence-corrected chi connectivity index (χ2v) is 6.18. The highest BCUT2D eigenvalue weighted by Gasteiger charge is 2.43.